The van der Waals surface area contributed by atoms with E-state index in [1.54, 1.807) is 17.9 Å². The summed E-state index contributed by atoms with van der Waals surface area (Å²) in [6.45, 7) is 16.8. The first-order valence-corrected chi connectivity index (χ1v) is 20.1. The van der Waals surface area contributed by atoms with Crippen LogP contribution in [-0.4, -0.2) is 76.0 Å². The minimum atomic E-state index is -0.789. The Labute approximate surface area is 333 Å². The number of methoxy groups -OCH3 is 1. The van der Waals surface area contributed by atoms with Crippen molar-refractivity contribution in [1.29, 1.82) is 0 Å². The molecule has 0 spiro atoms. The Hall–Kier alpha value is -5.09. The van der Waals surface area contributed by atoms with Crippen molar-refractivity contribution in [2.45, 2.75) is 98.6 Å². The van der Waals surface area contributed by atoms with Gasteiger partial charge in [-0.3, -0.25) is 9.48 Å². The maximum atomic E-state index is 16.1. The Morgan fingerprint density at radius 3 is 2.39 bits per heavy atom. The zero-order valence-electron chi connectivity index (χ0n) is 34.7. The molecule has 1 saturated heterocycles. The topological polar surface area (TPSA) is 79.6 Å². The summed E-state index contributed by atoms with van der Waals surface area (Å²) in [5.41, 5.74) is 10.2. The summed E-state index contributed by atoms with van der Waals surface area (Å²) < 4.78 is 23.2. The van der Waals surface area contributed by atoms with Crippen molar-refractivity contribution in [3.63, 3.8) is 0 Å². The number of piperidine rings is 1. The number of halogens is 1. The largest absolute Gasteiger partial charge is 0.497 e. The third-order valence-electron chi connectivity index (χ3n) is 11.2. The van der Waals surface area contributed by atoms with Crippen LogP contribution in [0.5, 0.6) is 5.75 Å². The van der Waals surface area contributed by atoms with Crippen molar-refractivity contribution in [2.24, 2.45) is 0 Å². The van der Waals surface area contributed by atoms with Crippen molar-refractivity contribution in [3.8, 4) is 17.1 Å². The van der Waals surface area contributed by atoms with Crippen LogP contribution in [0.1, 0.15) is 98.1 Å². The number of benzene rings is 2. The fraction of sp³-hybridized carbons (Fsp3) is 0.435. The third-order valence-corrected chi connectivity index (χ3v) is 11.2. The molecule has 2 aromatic carbocycles. The second kappa shape index (κ2) is 19.7. The molecular formula is C46H60FN7O2. The molecule has 0 bridgehead atoms. The molecule has 9 nitrogen and oxygen atoms in total. The van der Waals surface area contributed by atoms with Gasteiger partial charge in [0.05, 0.1) is 30.7 Å². The van der Waals surface area contributed by atoms with Gasteiger partial charge in [0, 0.05) is 36.6 Å². The van der Waals surface area contributed by atoms with Gasteiger partial charge in [-0.15, -0.1) is 5.12 Å². The summed E-state index contributed by atoms with van der Waals surface area (Å²) in [5.74, 6) is -0.0399. The van der Waals surface area contributed by atoms with Gasteiger partial charge in [0.25, 0.3) is 0 Å². The van der Waals surface area contributed by atoms with Gasteiger partial charge in [-0.2, -0.15) is 5.10 Å². The number of allylic oxidation sites excluding steroid dienone is 4. The lowest BCUT2D eigenvalue weighted by Gasteiger charge is -2.36. The van der Waals surface area contributed by atoms with Gasteiger partial charge in [-0.1, -0.05) is 62.2 Å². The maximum Gasteiger partial charge on any atom is 0.307 e. The monoisotopic (exact) mass is 761 g/mol. The Bertz CT molecular complexity index is 2020. The molecule has 0 unspecified atom stereocenters. The van der Waals surface area contributed by atoms with Crippen LogP contribution in [0.25, 0.3) is 11.4 Å². The molecule has 1 aliphatic heterocycles. The quantitative estimate of drug-likeness (QED) is 0.105. The van der Waals surface area contributed by atoms with Crippen molar-refractivity contribution in [1.82, 2.24) is 29.8 Å². The Balaban J connectivity index is 0.000000278. The smallest absolute Gasteiger partial charge is 0.307 e. The van der Waals surface area contributed by atoms with Gasteiger partial charge in [0.15, 0.2) is 5.69 Å². The summed E-state index contributed by atoms with van der Waals surface area (Å²) in [4.78, 5) is 27.5. The number of aromatic nitrogens is 4. The lowest BCUT2D eigenvalue weighted by molar-refractivity contribution is 0.0380. The molecule has 0 atom stereocenters. The number of amides is 1. The highest BCUT2D eigenvalue weighted by Crippen LogP contribution is 2.35. The van der Waals surface area contributed by atoms with Gasteiger partial charge in [-0.05, 0) is 137 Å². The molecule has 1 amide bonds. The van der Waals surface area contributed by atoms with Crippen molar-refractivity contribution < 1.29 is 14.0 Å². The Morgan fingerprint density at radius 2 is 1.79 bits per heavy atom. The minimum Gasteiger partial charge on any atom is -0.497 e. The fourth-order valence-electron chi connectivity index (χ4n) is 7.85. The molecule has 4 aromatic rings. The van der Waals surface area contributed by atoms with Gasteiger partial charge < -0.3 is 14.5 Å². The van der Waals surface area contributed by atoms with Crippen LogP contribution in [0.4, 0.5) is 10.2 Å². The molecule has 1 aliphatic carbocycles. The number of nitrogens with zero attached hydrogens (tertiary/aromatic N) is 7. The van der Waals surface area contributed by atoms with E-state index in [0.717, 1.165) is 59.1 Å². The number of ether oxygens (including phenoxy) is 1. The second-order valence-electron chi connectivity index (χ2n) is 14.8. The van der Waals surface area contributed by atoms with Crippen molar-refractivity contribution in [3.05, 3.63) is 124 Å². The molecule has 3 heterocycles. The Kier molecular flexibility index (Phi) is 14.8. The van der Waals surface area contributed by atoms with Crippen molar-refractivity contribution >= 4 is 11.6 Å². The summed E-state index contributed by atoms with van der Waals surface area (Å²) in [7, 11) is 6.01. The average Bonchev–Trinajstić information content (AvgIpc) is 3.46. The summed E-state index contributed by atoms with van der Waals surface area (Å²) in [6.07, 6.45) is 13.7. The minimum absolute atomic E-state index is 0.103. The Morgan fingerprint density at radius 1 is 1.05 bits per heavy atom. The van der Waals surface area contributed by atoms with Gasteiger partial charge in [0.1, 0.15) is 12.1 Å². The zero-order valence-corrected chi connectivity index (χ0v) is 34.7. The summed E-state index contributed by atoms with van der Waals surface area (Å²) >= 11 is 0. The molecule has 2 aliphatic rings. The molecular weight excluding hydrogens is 702 g/mol. The standard InChI is InChI=1S/C30H34FN5O2.C16H26N2/c1-6-21(7-2)28(22(8-3)9-4)36(31)30(37)27-25-12-10-11-23-17-32-19-33-26(23)29(25)35(34-27)18-20-13-15-24(38-5)16-14-20;1-5-14-12-16(7-6-13(14)2)18-10-8-15(9-11-18)17(3)4/h6,8,13-17,19H,1,7,9-12,18H2,2-5H3;6-7,12,15H,5,8-11H2,1-4H3/b22-8-,28-21-;. The van der Waals surface area contributed by atoms with E-state index in [-0.39, 0.29) is 16.5 Å². The van der Waals surface area contributed by atoms with Crippen LogP contribution in [0, 0.1) is 6.92 Å². The zero-order chi connectivity index (χ0) is 40.4. The highest BCUT2D eigenvalue weighted by Gasteiger charge is 2.33. The van der Waals surface area contributed by atoms with Crippen LogP contribution < -0.4 is 9.64 Å². The van der Waals surface area contributed by atoms with Crippen LogP contribution in [0.15, 0.2) is 90.6 Å². The first-order valence-electron chi connectivity index (χ1n) is 20.1. The maximum absolute atomic E-state index is 16.1. The van der Waals surface area contributed by atoms with E-state index in [9.17, 15) is 4.79 Å². The van der Waals surface area contributed by atoms with Gasteiger partial charge >= 0.3 is 5.91 Å². The molecule has 56 heavy (non-hydrogen) atoms. The molecule has 10 heteroatoms. The highest BCUT2D eigenvalue weighted by molar-refractivity contribution is 5.96. The summed E-state index contributed by atoms with van der Waals surface area (Å²) in [6, 6.07) is 15.4. The normalized spacial score (nSPS) is 14.9. The van der Waals surface area contributed by atoms with Crippen LogP contribution in [-0.2, 0) is 25.8 Å². The number of carbonyl (C=O) groups is 1. The first-order chi connectivity index (χ1) is 27.1. The van der Waals surface area contributed by atoms with E-state index in [4.69, 9.17) is 9.84 Å². The molecule has 2 aromatic heterocycles. The number of anilines is 1. The van der Waals surface area contributed by atoms with E-state index in [1.807, 2.05) is 57.3 Å². The predicted molar refractivity (Wildman–Crippen MR) is 226 cm³/mol. The molecule has 1 fully saturated rings. The summed E-state index contributed by atoms with van der Waals surface area (Å²) in [5, 5.41) is 4.98. The fourth-order valence-corrected chi connectivity index (χ4v) is 7.85. The SMILES string of the molecule is C=C/C(CC)=C(\C(=C/C)CC)N(F)C(=O)c1nn(Cc2ccc(OC)cc2)c2c1CCCc1cncnc1-2.CCc1cc(N2CCC(N(C)C)CC2)ccc1C. The number of carbonyl (C=O) groups excluding carboxylic acids is 1. The van der Waals surface area contributed by atoms with Crippen molar-refractivity contribution in [2.75, 3.05) is 39.2 Å². The van der Waals surface area contributed by atoms with E-state index in [2.05, 4.69) is 72.5 Å². The van der Waals surface area contributed by atoms with Gasteiger partial charge in [-0.25, -0.2) is 9.97 Å². The van der Waals surface area contributed by atoms with Gasteiger partial charge in [0.2, 0.25) is 0 Å². The third kappa shape index (κ3) is 9.46. The highest BCUT2D eigenvalue weighted by atomic mass is 19.2. The number of rotatable bonds is 12. The number of hydrogen-bond donors (Lipinski definition) is 0. The van der Waals surface area contributed by atoms with E-state index < -0.39 is 5.91 Å². The lowest BCUT2D eigenvalue weighted by atomic mass is 10.0. The predicted octanol–water partition coefficient (Wildman–Crippen LogP) is 9.51. The average molecular weight is 762 g/mol. The molecule has 0 radical (unpaired) electrons. The molecule has 0 N–H and O–H groups in total. The van der Waals surface area contributed by atoms with E-state index >= 15 is 4.48 Å². The molecule has 6 rings (SSSR count). The van der Waals surface area contributed by atoms with Crippen LogP contribution in [0.3, 0.4) is 0 Å². The van der Waals surface area contributed by atoms with E-state index in [1.165, 1.54) is 49.1 Å². The second-order valence-corrected chi connectivity index (χ2v) is 14.8. The number of fused-ring (bicyclic) bond motifs is 3. The van der Waals surface area contributed by atoms with Crippen LogP contribution >= 0.6 is 0 Å². The molecule has 0 saturated carbocycles. The van der Waals surface area contributed by atoms with Crippen LogP contribution in [0.2, 0.25) is 0 Å². The number of hydrogen-bond acceptors (Lipinski definition) is 7. The van der Waals surface area contributed by atoms with E-state index in [0.29, 0.717) is 36.9 Å². The lowest BCUT2D eigenvalue weighted by Crippen LogP contribution is -2.42. The first kappa shape index (κ1) is 42.1. The number of aryl methyl sites for hydroxylation is 3. The molecule has 298 valence electrons.